The van der Waals surface area contributed by atoms with E-state index in [1.165, 1.54) is 50.8 Å². The average Bonchev–Trinajstić information content (AvgIpc) is 2.74. The molecular weight excluding hydrogens is 280 g/mol. The molecule has 0 aromatic carbocycles. The molecule has 3 unspecified atom stereocenters. The molecule has 4 nitrogen and oxygen atoms in total. The topological polar surface area (TPSA) is 42.7 Å². The van der Waals surface area contributed by atoms with Crippen LogP contribution in [-0.2, 0) is 13.0 Å². The number of aryl methyl sites for hydroxylation is 1. The smallest absolute Gasteiger partial charge is 0.191 e. The van der Waals surface area contributed by atoms with Crippen LogP contribution in [0.1, 0.15) is 57.7 Å². The van der Waals surface area contributed by atoms with Gasteiger partial charge < -0.3 is 9.88 Å². The van der Waals surface area contributed by atoms with E-state index < -0.39 is 0 Å². The lowest BCUT2D eigenvalue weighted by Crippen LogP contribution is -2.40. The Balaban J connectivity index is 1.73. The molecule has 2 heterocycles. The summed E-state index contributed by atoms with van der Waals surface area (Å²) < 4.78 is 2.39. The fourth-order valence-corrected chi connectivity index (χ4v) is 5.21. The summed E-state index contributed by atoms with van der Waals surface area (Å²) in [6.45, 7) is 3.44. The van der Waals surface area contributed by atoms with Crippen molar-refractivity contribution in [3.8, 4) is 0 Å². The van der Waals surface area contributed by atoms with Crippen LogP contribution < -0.4 is 5.32 Å². The van der Waals surface area contributed by atoms with Gasteiger partial charge in [0.2, 0.25) is 0 Å². The van der Waals surface area contributed by atoms with Crippen LogP contribution in [-0.4, -0.2) is 33.1 Å². The van der Waals surface area contributed by atoms with E-state index in [-0.39, 0.29) is 0 Å². The van der Waals surface area contributed by atoms with Gasteiger partial charge in [0, 0.05) is 24.3 Å². The second kappa shape index (κ2) is 7.14. The van der Waals surface area contributed by atoms with Gasteiger partial charge in [0.25, 0.3) is 0 Å². The fourth-order valence-electron chi connectivity index (χ4n) is 3.72. The molecule has 0 spiro atoms. The zero-order valence-electron chi connectivity index (χ0n) is 13.3. The van der Waals surface area contributed by atoms with Crippen LogP contribution >= 0.6 is 11.8 Å². The first-order chi connectivity index (χ1) is 10.3. The molecule has 3 rings (SSSR count). The van der Waals surface area contributed by atoms with Crippen LogP contribution in [0.3, 0.4) is 0 Å². The lowest BCUT2D eigenvalue weighted by molar-refractivity contribution is 0.304. The van der Waals surface area contributed by atoms with E-state index in [4.69, 9.17) is 0 Å². The van der Waals surface area contributed by atoms with Crippen molar-refractivity contribution >= 4 is 11.8 Å². The van der Waals surface area contributed by atoms with Crippen LogP contribution in [0.15, 0.2) is 5.16 Å². The lowest BCUT2D eigenvalue weighted by atomic mass is 9.84. The van der Waals surface area contributed by atoms with Gasteiger partial charge in [-0.3, -0.25) is 0 Å². The summed E-state index contributed by atoms with van der Waals surface area (Å²) in [5.41, 5.74) is 0. The van der Waals surface area contributed by atoms with Gasteiger partial charge >= 0.3 is 0 Å². The molecule has 0 radical (unpaired) electrons. The van der Waals surface area contributed by atoms with Crippen LogP contribution in [0, 0.1) is 5.92 Å². The monoisotopic (exact) mass is 308 g/mol. The average molecular weight is 308 g/mol. The predicted octanol–water partition coefficient (Wildman–Crippen LogP) is 3.26. The molecule has 1 saturated carbocycles. The minimum absolute atomic E-state index is 0.622. The van der Waals surface area contributed by atoms with Gasteiger partial charge in [-0.05, 0) is 45.1 Å². The molecule has 2 aliphatic rings. The molecule has 5 heteroatoms. The van der Waals surface area contributed by atoms with Crippen molar-refractivity contribution in [3.05, 3.63) is 5.82 Å². The van der Waals surface area contributed by atoms with Gasteiger partial charge in [0.15, 0.2) is 5.16 Å². The number of thioether (sulfide) groups is 1. The number of nitrogens with zero attached hydrogens (tertiary/aromatic N) is 3. The fraction of sp³-hybridized carbons (Fsp3) is 0.875. The maximum Gasteiger partial charge on any atom is 0.191 e. The highest BCUT2D eigenvalue weighted by atomic mass is 32.2. The number of rotatable bonds is 4. The number of hydrogen-bond acceptors (Lipinski definition) is 4. The molecule has 118 valence electrons. The molecule has 1 N–H and O–H groups in total. The molecule has 21 heavy (non-hydrogen) atoms. The molecule has 1 fully saturated rings. The minimum atomic E-state index is 0.622. The van der Waals surface area contributed by atoms with E-state index in [2.05, 4.69) is 34.1 Å². The van der Waals surface area contributed by atoms with Crippen LogP contribution in [0.5, 0.6) is 0 Å². The summed E-state index contributed by atoms with van der Waals surface area (Å²) in [5, 5.41) is 14.3. The second-order valence-electron chi connectivity index (χ2n) is 6.50. The van der Waals surface area contributed by atoms with Crippen molar-refractivity contribution in [3.63, 3.8) is 0 Å². The van der Waals surface area contributed by atoms with Crippen molar-refractivity contribution in [1.82, 2.24) is 20.1 Å². The van der Waals surface area contributed by atoms with E-state index in [0.29, 0.717) is 11.3 Å². The Labute approximate surface area is 132 Å². The van der Waals surface area contributed by atoms with E-state index >= 15 is 0 Å². The first-order valence-corrected chi connectivity index (χ1v) is 9.45. The number of nitrogens with one attached hydrogen (secondary N) is 1. The van der Waals surface area contributed by atoms with Crippen molar-refractivity contribution in [2.24, 2.45) is 5.92 Å². The van der Waals surface area contributed by atoms with Crippen LogP contribution in [0.4, 0.5) is 0 Å². The quantitative estimate of drug-likeness (QED) is 0.927. The maximum absolute atomic E-state index is 4.50. The van der Waals surface area contributed by atoms with Gasteiger partial charge in [0.1, 0.15) is 5.82 Å². The Bertz CT molecular complexity index is 459. The predicted molar refractivity (Wildman–Crippen MR) is 87.7 cm³/mol. The van der Waals surface area contributed by atoms with Gasteiger partial charge in [-0.25, -0.2) is 0 Å². The van der Waals surface area contributed by atoms with Crippen LogP contribution in [0.2, 0.25) is 0 Å². The first kappa shape index (κ1) is 15.3. The van der Waals surface area contributed by atoms with Crippen molar-refractivity contribution in [1.29, 1.82) is 0 Å². The molecule has 0 saturated heterocycles. The molecule has 1 aromatic heterocycles. The molecule has 1 aromatic rings. The van der Waals surface area contributed by atoms with Crippen LogP contribution in [0.25, 0.3) is 0 Å². The van der Waals surface area contributed by atoms with Gasteiger partial charge in [-0.1, -0.05) is 31.5 Å². The third-order valence-corrected chi connectivity index (χ3v) is 6.52. The highest BCUT2D eigenvalue weighted by Crippen LogP contribution is 2.37. The number of aromatic nitrogens is 3. The van der Waals surface area contributed by atoms with Gasteiger partial charge in [-0.15, -0.1) is 10.2 Å². The van der Waals surface area contributed by atoms with Crippen molar-refractivity contribution < 1.29 is 0 Å². The maximum atomic E-state index is 4.50. The van der Waals surface area contributed by atoms with Gasteiger partial charge in [-0.2, -0.15) is 0 Å². The summed E-state index contributed by atoms with van der Waals surface area (Å²) in [6.07, 6.45) is 10.3. The van der Waals surface area contributed by atoms with Crippen molar-refractivity contribution in [2.45, 2.75) is 81.3 Å². The van der Waals surface area contributed by atoms with E-state index in [1.807, 2.05) is 11.8 Å². The summed E-state index contributed by atoms with van der Waals surface area (Å²) in [7, 11) is 2.11. The Morgan fingerprint density at radius 2 is 2.14 bits per heavy atom. The molecule has 3 atom stereocenters. The summed E-state index contributed by atoms with van der Waals surface area (Å²) >= 11 is 1.97. The molecule has 0 bridgehead atoms. The largest absolute Gasteiger partial charge is 0.316 e. The normalized spacial score (nSPS) is 29.9. The highest BCUT2D eigenvalue weighted by Gasteiger charge is 2.31. The summed E-state index contributed by atoms with van der Waals surface area (Å²) in [5.74, 6) is 2.09. The third kappa shape index (κ3) is 3.45. The molecule has 0 amide bonds. The molecule has 1 aliphatic heterocycles. The molecule has 1 aliphatic carbocycles. The Morgan fingerprint density at radius 3 is 2.95 bits per heavy atom. The van der Waals surface area contributed by atoms with Gasteiger partial charge in [0.05, 0.1) is 0 Å². The minimum Gasteiger partial charge on any atom is -0.316 e. The zero-order valence-corrected chi connectivity index (χ0v) is 14.2. The first-order valence-electron chi connectivity index (χ1n) is 8.57. The summed E-state index contributed by atoms with van der Waals surface area (Å²) in [6, 6.07) is 0.622. The Morgan fingerprint density at radius 1 is 1.24 bits per heavy atom. The SMILES string of the molecule is CCC1CCC(NC)C(Sc2nnc3n2CCCCC3)C1. The molecular formula is C16H28N4S. The third-order valence-electron chi connectivity index (χ3n) is 5.18. The van der Waals surface area contributed by atoms with E-state index in [9.17, 15) is 0 Å². The second-order valence-corrected chi connectivity index (χ2v) is 7.71. The van der Waals surface area contributed by atoms with E-state index in [1.54, 1.807) is 0 Å². The Hall–Kier alpha value is -0.550. The number of fused-ring (bicyclic) bond motifs is 1. The number of hydrogen-bond donors (Lipinski definition) is 1. The Kier molecular flexibility index (Phi) is 5.22. The van der Waals surface area contributed by atoms with E-state index in [0.717, 1.165) is 24.0 Å². The zero-order chi connectivity index (χ0) is 14.7. The lowest BCUT2D eigenvalue weighted by Gasteiger charge is -2.35. The van der Waals surface area contributed by atoms with Crippen molar-refractivity contribution in [2.75, 3.05) is 7.05 Å². The highest BCUT2D eigenvalue weighted by molar-refractivity contribution is 7.99. The standard InChI is InChI=1S/C16H28N4S/c1-3-12-8-9-13(17-2)14(11-12)21-16-19-18-15-7-5-4-6-10-20(15)16/h12-14,17H,3-11H2,1-2H3. The summed E-state index contributed by atoms with van der Waals surface area (Å²) in [4.78, 5) is 0.